The molecule has 1 heterocycles. The van der Waals surface area contributed by atoms with Crippen molar-refractivity contribution in [3.8, 4) is 0 Å². The van der Waals surface area contributed by atoms with Crippen molar-refractivity contribution in [3.05, 3.63) is 77.5 Å². The van der Waals surface area contributed by atoms with E-state index < -0.39 is 11.9 Å². The number of nitrogens with one attached hydrogen (secondary N) is 1. The van der Waals surface area contributed by atoms with Crippen LogP contribution < -0.4 is 11.2 Å². The predicted molar refractivity (Wildman–Crippen MR) is 87.0 cm³/mol. The predicted octanol–water partition coefficient (Wildman–Crippen LogP) is 1.90. The third-order valence-corrected chi connectivity index (χ3v) is 3.24. The highest BCUT2D eigenvalue weighted by molar-refractivity contribution is 6.14. The zero-order chi connectivity index (χ0) is 16.2. The van der Waals surface area contributed by atoms with E-state index in [1.165, 1.54) is 0 Å². The number of carbonyl (C=O) groups is 2. The quantitative estimate of drug-likeness (QED) is 0.830. The number of hydrazine groups is 1. The van der Waals surface area contributed by atoms with Crippen molar-refractivity contribution < 1.29 is 9.59 Å². The maximum absolute atomic E-state index is 12.2. The summed E-state index contributed by atoms with van der Waals surface area (Å²) in [7, 11) is 0. The van der Waals surface area contributed by atoms with Crippen molar-refractivity contribution in [1.82, 2.24) is 10.4 Å². The molecule has 0 saturated carbocycles. The van der Waals surface area contributed by atoms with Crippen LogP contribution in [0.4, 0.5) is 4.79 Å². The number of aliphatic imine (C=N–C) groups is 1. The summed E-state index contributed by atoms with van der Waals surface area (Å²) in [5.41, 5.74) is 9.49. The monoisotopic (exact) mass is 306 g/mol. The molecule has 6 nitrogen and oxygen atoms in total. The Balaban J connectivity index is 2.08. The Morgan fingerprint density at radius 2 is 1.65 bits per heavy atom. The van der Waals surface area contributed by atoms with Gasteiger partial charge in [0.05, 0.1) is 0 Å². The second kappa shape index (κ2) is 6.15. The third-order valence-electron chi connectivity index (χ3n) is 3.24. The van der Waals surface area contributed by atoms with E-state index in [1.807, 2.05) is 48.5 Å². The molecule has 0 atom stereocenters. The van der Waals surface area contributed by atoms with E-state index in [9.17, 15) is 9.59 Å². The van der Waals surface area contributed by atoms with Gasteiger partial charge in [0, 0.05) is 5.56 Å². The maximum Gasteiger partial charge on any atom is 0.339 e. The van der Waals surface area contributed by atoms with Crippen LogP contribution in [-0.2, 0) is 4.79 Å². The number of primary amides is 1. The Morgan fingerprint density at radius 1 is 1.04 bits per heavy atom. The summed E-state index contributed by atoms with van der Waals surface area (Å²) in [6.45, 7) is 0. The lowest BCUT2D eigenvalue weighted by molar-refractivity contribution is -0.120. The minimum atomic E-state index is -0.806. The smallest absolute Gasteiger partial charge is 0.339 e. The van der Waals surface area contributed by atoms with Crippen LogP contribution in [0.3, 0.4) is 0 Å². The molecule has 0 aromatic heterocycles. The zero-order valence-corrected chi connectivity index (χ0v) is 12.1. The zero-order valence-electron chi connectivity index (χ0n) is 12.1. The molecular weight excluding hydrogens is 292 g/mol. The van der Waals surface area contributed by atoms with Gasteiger partial charge in [0.15, 0.2) is 5.84 Å². The van der Waals surface area contributed by atoms with Gasteiger partial charge in [-0.1, -0.05) is 60.7 Å². The second-order valence-electron chi connectivity index (χ2n) is 4.86. The first kappa shape index (κ1) is 14.5. The Hall–Kier alpha value is -3.41. The number of carbonyl (C=O) groups excluding carboxylic acids is 2. The van der Waals surface area contributed by atoms with E-state index in [0.29, 0.717) is 5.56 Å². The number of benzene rings is 2. The molecule has 0 radical (unpaired) electrons. The Bertz CT molecular complexity index is 798. The van der Waals surface area contributed by atoms with Crippen LogP contribution in [0.25, 0.3) is 6.08 Å². The normalized spacial score (nSPS) is 16.0. The van der Waals surface area contributed by atoms with Gasteiger partial charge >= 0.3 is 6.03 Å². The molecule has 1 aliphatic heterocycles. The Labute approximate surface area is 132 Å². The third kappa shape index (κ3) is 3.11. The average Bonchev–Trinajstić information content (AvgIpc) is 2.58. The maximum atomic E-state index is 12.2. The molecule has 114 valence electrons. The van der Waals surface area contributed by atoms with Crippen molar-refractivity contribution in [1.29, 1.82) is 0 Å². The molecule has 0 unspecified atom stereocenters. The number of amidine groups is 1. The van der Waals surface area contributed by atoms with E-state index >= 15 is 0 Å². The average molecular weight is 306 g/mol. The van der Waals surface area contributed by atoms with Crippen LogP contribution >= 0.6 is 0 Å². The van der Waals surface area contributed by atoms with Crippen molar-refractivity contribution in [2.75, 3.05) is 0 Å². The molecule has 3 amide bonds. The summed E-state index contributed by atoms with van der Waals surface area (Å²) >= 11 is 0. The van der Waals surface area contributed by atoms with Gasteiger partial charge in [0.2, 0.25) is 0 Å². The molecule has 0 saturated heterocycles. The highest BCUT2D eigenvalue weighted by atomic mass is 16.2. The first-order valence-electron chi connectivity index (χ1n) is 6.96. The summed E-state index contributed by atoms with van der Waals surface area (Å²) in [5.74, 6) is -0.216. The van der Waals surface area contributed by atoms with E-state index in [4.69, 9.17) is 5.73 Å². The van der Waals surface area contributed by atoms with Gasteiger partial charge < -0.3 is 5.73 Å². The van der Waals surface area contributed by atoms with Crippen LogP contribution in [-0.4, -0.2) is 22.8 Å². The molecular formula is C17H14N4O2. The molecule has 3 rings (SSSR count). The van der Waals surface area contributed by atoms with Crippen LogP contribution in [0, 0.1) is 0 Å². The first-order chi connectivity index (χ1) is 11.1. The van der Waals surface area contributed by atoms with E-state index in [2.05, 4.69) is 10.4 Å². The number of rotatable bonds is 2. The van der Waals surface area contributed by atoms with Crippen molar-refractivity contribution in [2.24, 2.45) is 10.7 Å². The number of hydrogen-bond donors (Lipinski definition) is 2. The minimum Gasteiger partial charge on any atom is -0.350 e. The Kier molecular flexibility index (Phi) is 3.88. The van der Waals surface area contributed by atoms with Crippen LogP contribution in [0.2, 0.25) is 0 Å². The molecule has 0 spiro atoms. The topological polar surface area (TPSA) is 87.8 Å². The summed E-state index contributed by atoms with van der Waals surface area (Å²) < 4.78 is 0. The number of nitrogens with zero attached hydrogens (tertiary/aromatic N) is 2. The fourth-order valence-electron chi connectivity index (χ4n) is 2.17. The van der Waals surface area contributed by atoms with E-state index in [-0.39, 0.29) is 11.5 Å². The van der Waals surface area contributed by atoms with Gasteiger partial charge in [-0.3, -0.25) is 10.2 Å². The van der Waals surface area contributed by atoms with Crippen molar-refractivity contribution in [2.45, 2.75) is 0 Å². The summed E-state index contributed by atoms with van der Waals surface area (Å²) in [6.07, 6.45) is 1.65. The fourth-order valence-corrected chi connectivity index (χ4v) is 2.17. The van der Waals surface area contributed by atoms with Gasteiger partial charge in [-0.15, -0.1) is 0 Å². The van der Waals surface area contributed by atoms with Gasteiger partial charge in [-0.25, -0.2) is 9.79 Å². The van der Waals surface area contributed by atoms with Crippen molar-refractivity contribution in [3.63, 3.8) is 0 Å². The molecule has 2 aromatic carbocycles. The lowest BCUT2D eigenvalue weighted by atomic mass is 10.1. The fraction of sp³-hybridized carbons (Fsp3) is 0. The first-order valence-corrected chi connectivity index (χ1v) is 6.96. The largest absolute Gasteiger partial charge is 0.350 e. The highest BCUT2D eigenvalue weighted by Gasteiger charge is 2.28. The van der Waals surface area contributed by atoms with E-state index in [0.717, 1.165) is 10.6 Å². The second-order valence-corrected chi connectivity index (χ2v) is 4.86. The number of hydrogen-bond acceptors (Lipinski definition) is 3. The van der Waals surface area contributed by atoms with Crippen LogP contribution in [0.5, 0.6) is 0 Å². The molecule has 0 fully saturated rings. The molecule has 1 aliphatic rings. The Morgan fingerprint density at radius 3 is 2.26 bits per heavy atom. The molecule has 3 N–H and O–H groups in total. The molecule has 0 bridgehead atoms. The molecule has 6 heteroatoms. The molecule has 23 heavy (non-hydrogen) atoms. The van der Waals surface area contributed by atoms with Crippen LogP contribution in [0.15, 0.2) is 71.4 Å². The van der Waals surface area contributed by atoms with Gasteiger partial charge in [-0.05, 0) is 11.6 Å². The van der Waals surface area contributed by atoms with Gasteiger partial charge in [0.1, 0.15) is 5.70 Å². The van der Waals surface area contributed by atoms with Gasteiger partial charge in [-0.2, -0.15) is 5.01 Å². The number of nitrogens with two attached hydrogens (primary N) is 1. The summed E-state index contributed by atoms with van der Waals surface area (Å²) in [4.78, 5) is 28.1. The lowest BCUT2D eigenvalue weighted by Crippen LogP contribution is -2.55. The molecule has 2 aromatic rings. The van der Waals surface area contributed by atoms with Crippen LogP contribution in [0.1, 0.15) is 11.1 Å². The molecule has 0 aliphatic carbocycles. The standard InChI is InChI=1S/C17H14N4O2/c18-17(23)21-15(13-9-5-2-6-10-13)19-14(16(22)20-21)11-12-7-3-1-4-8-12/h1-11H,(H2,18,23)(H,20,22)/b14-11-. The van der Waals surface area contributed by atoms with Crippen molar-refractivity contribution >= 4 is 23.8 Å². The summed E-state index contributed by atoms with van der Waals surface area (Å²) in [5, 5.41) is 0.944. The van der Waals surface area contributed by atoms with E-state index in [1.54, 1.807) is 18.2 Å². The number of urea groups is 1. The SMILES string of the molecule is NC(=O)N1NC(=O)/C(=C/c2ccccc2)N=C1c1ccccc1. The minimum absolute atomic E-state index is 0.201. The summed E-state index contributed by atoms with van der Waals surface area (Å²) in [6, 6.07) is 17.6. The lowest BCUT2D eigenvalue weighted by Gasteiger charge is -2.27. The van der Waals surface area contributed by atoms with Gasteiger partial charge in [0.25, 0.3) is 5.91 Å². The highest BCUT2D eigenvalue weighted by Crippen LogP contribution is 2.16. The number of amides is 3.